The molecule has 0 spiro atoms. The SMILES string of the molecule is [2H]c1c([2H])c([2H])c(-c2ccc(-n3c4ccccc4c4cc(-c5ccc6c(c5)c5ccccc5n6-c5ccccc5)ccc43)c(-c3c([2H])c([2H])c([2H])c([2H])c3[2H])c2)c([2H])c1[2H]. The minimum atomic E-state index is -0.538. The maximum atomic E-state index is 9.02. The zero-order valence-electron chi connectivity index (χ0n) is 36.6. The lowest BCUT2D eigenvalue weighted by Crippen LogP contribution is -1.98. The second kappa shape index (κ2) is 11.5. The predicted octanol–water partition coefficient (Wildman–Crippen LogP) is 12.9. The van der Waals surface area contributed by atoms with E-state index < -0.39 is 60.4 Å². The average Bonchev–Trinajstić information content (AvgIpc) is 3.79. The second-order valence-corrected chi connectivity index (χ2v) is 12.2. The Morgan fingerprint density at radius 2 is 0.820 bits per heavy atom. The van der Waals surface area contributed by atoms with Crippen LogP contribution in [0.15, 0.2) is 194 Å². The molecule has 0 aliphatic carbocycles. The number of hydrogen-bond donors (Lipinski definition) is 0. The van der Waals surface area contributed by atoms with Crippen molar-refractivity contribution in [1.82, 2.24) is 9.13 Å². The van der Waals surface area contributed by atoms with Crippen molar-refractivity contribution in [2.24, 2.45) is 0 Å². The average molecular weight is 647 g/mol. The molecule has 0 saturated carbocycles. The van der Waals surface area contributed by atoms with Gasteiger partial charge < -0.3 is 9.13 Å². The molecule has 0 saturated heterocycles. The van der Waals surface area contributed by atoms with Gasteiger partial charge in [-0.15, -0.1) is 0 Å². The molecule has 0 bridgehead atoms. The Balaban J connectivity index is 1.22. The van der Waals surface area contributed by atoms with Crippen LogP contribution in [0.1, 0.15) is 13.7 Å². The van der Waals surface area contributed by atoms with Gasteiger partial charge in [-0.2, -0.15) is 0 Å². The summed E-state index contributed by atoms with van der Waals surface area (Å²) in [5.74, 6) is 0. The summed E-state index contributed by atoms with van der Waals surface area (Å²) in [4.78, 5) is 0. The third kappa shape index (κ3) is 4.50. The first kappa shape index (κ1) is 20.0. The van der Waals surface area contributed by atoms with Gasteiger partial charge in [0.05, 0.1) is 41.5 Å². The lowest BCUT2D eigenvalue weighted by atomic mass is 9.97. The highest BCUT2D eigenvalue weighted by Crippen LogP contribution is 2.40. The van der Waals surface area contributed by atoms with Crippen LogP contribution < -0.4 is 0 Å². The van der Waals surface area contributed by atoms with Gasteiger partial charge in [0.2, 0.25) is 0 Å². The van der Waals surface area contributed by atoms with E-state index in [-0.39, 0.29) is 22.3 Å². The summed E-state index contributed by atoms with van der Waals surface area (Å²) >= 11 is 0. The van der Waals surface area contributed by atoms with Crippen molar-refractivity contribution in [1.29, 1.82) is 0 Å². The van der Waals surface area contributed by atoms with Gasteiger partial charge in [0.25, 0.3) is 0 Å². The molecule has 0 amide bonds. The van der Waals surface area contributed by atoms with Crippen LogP contribution in [0.3, 0.4) is 0 Å². The zero-order valence-corrected chi connectivity index (χ0v) is 26.6. The summed E-state index contributed by atoms with van der Waals surface area (Å²) in [5, 5.41) is 4.12. The number of benzene rings is 8. The lowest BCUT2D eigenvalue weighted by molar-refractivity contribution is 1.18. The Morgan fingerprint density at radius 3 is 1.46 bits per heavy atom. The lowest BCUT2D eigenvalue weighted by Gasteiger charge is -2.16. The molecule has 0 aliphatic rings. The molecule has 2 aromatic heterocycles. The molecule has 50 heavy (non-hydrogen) atoms. The molecular weight excluding hydrogens is 605 g/mol. The van der Waals surface area contributed by atoms with Gasteiger partial charge in [-0.25, -0.2) is 0 Å². The third-order valence-electron chi connectivity index (χ3n) is 9.49. The van der Waals surface area contributed by atoms with E-state index in [0.29, 0.717) is 5.69 Å². The van der Waals surface area contributed by atoms with Crippen molar-refractivity contribution in [2.45, 2.75) is 0 Å². The number of aromatic nitrogens is 2. The molecule has 2 nitrogen and oxygen atoms in total. The summed E-state index contributed by atoms with van der Waals surface area (Å²) in [6, 6.07) is 39.5. The zero-order chi connectivity index (χ0) is 41.7. The first-order valence-electron chi connectivity index (χ1n) is 21.4. The van der Waals surface area contributed by atoms with Crippen molar-refractivity contribution in [2.75, 3.05) is 0 Å². The van der Waals surface area contributed by atoms with Crippen LogP contribution in [0.2, 0.25) is 0 Å². The first-order chi connectivity index (χ1) is 29.0. The number of rotatable bonds is 5. The highest BCUT2D eigenvalue weighted by molar-refractivity contribution is 6.13. The van der Waals surface area contributed by atoms with Crippen LogP contribution >= 0.6 is 0 Å². The summed E-state index contributed by atoms with van der Waals surface area (Å²) in [5.41, 5.74) is 7.74. The van der Waals surface area contributed by atoms with Crippen LogP contribution in [0, 0.1) is 0 Å². The summed E-state index contributed by atoms with van der Waals surface area (Å²) < 4.78 is 90.0. The van der Waals surface area contributed by atoms with Crippen LogP contribution in [-0.2, 0) is 0 Å². The fourth-order valence-electron chi connectivity index (χ4n) is 7.29. The van der Waals surface area contributed by atoms with Gasteiger partial charge in [0, 0.05) is 32.8 Å². The Labute approximate surface area is 304 Å². The molecule has 0 atom stereocenters. The van der Waals surface area contributed by atoms with Gasteiger partial charge in [0.1, 0.15) is 0 Å². The van der Waals surface area contributed by atoms with Crippen LogP contribution in [0.25, 0.3) is 88.4 Å². The monoisotopic (exact) mass is 646 g/mol. The molecule has 8 aromatic carbocycles. The van der Waals surface area contributed by atoms with Crippen molar-refractivity contribution in [3.63, 3.8) is 0 Å². The van der Waals surface area contributed by atoms with Crippen LogP contribution in [0.4, 0.5) is 0 Å². The smallest absolute Gasteiger partial charge is 0.0629 e. The number of para-hydroxylation sites is 3. The van der Waals surface area contributed by atoms with Gasteiger partial charge in [-0.05, 0) is 88.5 Å². The molecular formula is C48H32N2. The Morgan fingerprint density at radius 1 is 0.340 bits per heavy atom. The van der Waals surface area contributed by atoms with Gasteiger partial charge >= 0.3 is 0 Å². The second-order valence-electron chi connectivity index (χ2n) is 12.2. The van der Waals surface area contributed by atoms with Crippen molar-refractivity contribution >= 4 is 43.6 Å². The maximum absolute atomic E-state index is 9.02. The molecule has 0 fully saturated rings. The highest BCUT2D eigenvalue weighted by atomic mass is 15.0. The van der Waals surface area contributed by atoms with Crippen molar-refractivity contribution < 1.29 is 13.7 Å². The normalized spacial score (nSPS) is 14.4. The molecule has 0 N–H and O–H groups in total. The van der Waals surface area contributed by atoms with Crippen molar-refractivity contribution in [3.05, 3.63) is 194 Å². The van der Waals surface area contributed by atoms with Gasteiger partial charge in [-0.1, -0.05) is 133 Å². The molecule has 0 unspecified atom stereocenters. The minimum Gasteiger partial charge on any atom is -0.309 e. The standard InChI is InChI=1S/C48H32N2/c1-4-14-33(15-5-1)35-24-27-46(41(30-35)34-16-6-2-7-17-34)50-45-23-13-11-21-40(45)43-32-37(26-29-48(43)50)36-25-28-47-42(31-36)39-20-10-12-22-44(39)49(47)38-18-8-3-9-19-38/h1-32H/i1D,2D,4D,5D,6D,7D,14D,15D,16D,17D. The van der Waals surface area contributed by atoms with Crippen LogP contribution in [0.5, 0.6) is 0 Å². The predicted molar refractivity (Wildman–Crippen MR) is 211 cm³/mol. The van der Waals surface area contributed by atoms with E-state index in [0.717, 1.165) is 60.4 Å². The number of fused-ring (bicyclic) bond motifs is 6. The van der Waals surface area contributed by atoms with E-state index >= 15 is 0 Å². The van der Waals surface area contributed by atoms with Gasteiger partial charge in [0.15, 0.2) is 0 Å². The summed E-state index contributed by atoms with van der Waals surface area (Å²) in [6.45, 7) is 0. The quantitative estimate of drug-likeness (QED) is 0.176. The highest BCUT2D eigenvalue weighted by Gasteiger charge is 2.18. The minimum absolute atomic E-state index is 0.0584. The topological polar surface area (TPSA) is 9.86 Å². The Hall–Kier alpha value is -6.64. The van der Waals surface area contributed by atoms with E-state index in [9.17, 15) is 0 Å². The molecule has 2 heteroatoms. The molecule has 0 radical (unpaired) electrons. The number of hydrogen-bond acceptors (Lipinski definition) is 0. The van der Waals surface area contributed by atoms with E-state index in [4.69, 9.17) is 13.7 Å². The molecule has 10 aromatic rings. The van der Waals surface area contributed by atoms with Gasteiger partial charge in [-0.3, -0.25) is 0 Å². The van der Waals surface area contributed by atoms with Crippen LogP contribution in [-0.4, -0.2) is 9.13 Å². The largest absolute Gasteiger partial charge is 0.309 e. The first-order valence-corrected chi connectivity index (χ1v) is 16.4. The van der Waals surface area contributed by atoms with E-state index in [1.54, 1.807) is 18.2 Å². The number of nitrogens with zero attached hydrogens (tertiary/aromatic N) is 2. The van der Waals surface area contributed by atoms with E-state index in [1.165, 1.54) is 0 Å². The van der Waals surface area contributed by atoms with E-state index in [1.807, 2.05) is 53.1 Å². The summed E-state index contributed by atoms with van der Waals surface area (Å²) in [6.07, 6.45) is 0. The molecule has 2 heterocycles. The summed E-state index contributed by atoms with van der Waals surface area (Å²) in [7, 11) is 0. The molecule has 0 aliphatic heterocycles. The Kier molecular flexibility index (Phi) is 4.60. The fourth-order valence-corrected chi connectivity index (χ4v) is 7.29. The maximum Gasteiger partial charge on any atom is 0.0629 e. The molecule has 10 rings (SSSR count). The molecule has 234 valence electrons. The fraction of sp³-hybridized carbons (Fsp3) is 0. The van der Waals surface area contributed by atoms with Crippen molar-refractivity contribution in [3.8, 4) is 44.8 Å². The van der Waals surface area contributed by atoms with E-state index in [2.05, 4.69) is 71.3 Å². The Bertz CT molecular complexity index is 3380. The third-order valence-corrected chi connectivity index (χ3v) is 9.49.